The van der Waals surface area contributed by atoms with E-state index in [0.29, 0.717) is 5.92 Å². The molecule has 3 unspecified atom stereocenters. The number of likely N-dealkylation sites (tertiary alicyclic amines) is 1. The molecule has 2 fully saturated rings. The third kappa shape index (κ3) is 3.89. The largest absolute Gasteiger partial charge is 0.480 e. The lowest BCUT2D eigenvalue weighted by Crippen LogP contribution is -2.55. The first-order valence-corrected chi connectivity index (χ1v) is 8.07. The van der Waals surface area contributed by atoms with Crippen molar-refractivity contribution in [2.24, 2.45) is 17.3 Å². The third-order valence-electron chi connectivity index (χ3n) is 4.96. The fraction of sp³-hybridized carbons (Fsp3) is 0.875. The van der Waals surface area contributed by atoms with Gasteiger partial charge < -0.3 is 15.3 Å². The van der Waals surface area contributed by atoms with E-state index in [9.17, 15) is 14.7 Å². The van der Waals surface area contributed by atoms with Gasteiger partial charge >= 0.3 is 12.0 Å². The molecule has 0 aromatic carbocycles. The summed E-state index contributed by atoms with van der Waals surface area (Å²) in [6, 6.07) is -1.07. The Kier molecular flexibility index (Phi) is 4.79. The highest BCUT2D eigenvalue weighted by Crippen LogP contribution is 2.36. The van der Waals surface area contributed by atoms with E-state index < -0.39 is 17.4 Å². The van der Waals surface area contributed by atoms with Crippen LogP contribution in [-0.2, 0) is 4.79 Å². The van der Waals surface area contributed by atoms with Gasteiger partial charge in [-0.25, -0.2) is 9.59 Å². The van der Waals surface area contributed by atoms with Gasteiger partial charge in [0.1, 0.15) is 6.04 Å². The van der Waals surface area contributed by atoms with Crippen LogP contribution in [0.15, 0.2) is 0 Å². The van der Waals surface area contributed by atoms with Crippen molar-refractivity contribution in [3.8, 4) is 0 Å². The predicted molar refractivity (Wildman–Crippen MR) is 81.0 cm³/mol. The molecule has 0 radical (unpaired) electrons. The zero-order valence-electron chi connectivity index (χ0n) is 13.4. The average Bonchev–Trinajstić information content (AvgIpc) is 2.42. The second-order valence-corrected chi connectivity index (χ2v) is 7.63. The molecule has 2 amide bonds. The first kappa shape index (κ1) is 16.1. The molecular formula is C16H28N2O3. The molecular weight excluding hydrogens is 268 g/mol. The maximum atomic E-state index is 12.4. The minimum atomic E-state index is -0.969. The van der Waals surface area contributed by atoms with E-state index in [1.54, 1.807) is 0 Å². The molecule has 1 saturated carbocycles. The van der Waals surface area contributed by atoms with Crippen LogP contribution in [0.2, 0.25) is 0 Å². The number of carbonyl (C=O) groups excluding carboxylic acids is 1. The van der Waals surface area contributed by atoms with Crippen molar-refractivity contribution in [3.63, 3.8) is 0 Å². The molecule has 5 heteroatoms. The first-order chi connectivity index (χ1) is 9.79. The van der Waals surface area contributed by atoms with Crippen LogP contribution in [0.3, 0.4) is 0 Å². The minimum Gasteiger partial charge on any atom is -0.480 e. The number of rotatable bonds is 2. The van der Waals surface area contributed by atoms with Crippen molar-refractivity contribution in [3.05, 3.63) is 0 Å². The van der Waals surface area contributed by atoms with Gasteiger partial charge in [-0.2, -0.15) is 0 Å². The monoisotopic (exact) mass is 296 g/mol. The number of carboxylic acid groups (broad SMARTS) is 1. The number of piperidine rings is 1. The van der Waals surface area contributed by atoms with E-state index in [-0.39, 0.29) is 6.03 Å². The molecule has 1 heterocycles. The van der Waals surface area contributed by atoms with Crippen molar-refractivity contribution in [2.75, 3.05) is 13.1 Å². The molecule has 2 rings (SSSR count). The number of hydrogen-bond acceptors (Lipinski definition) is 2. The number of fused-ring (bicyclic) bond motifs is 1. The highest BCUT2D eigenvalue weighted by Gasteiger charge is 2.37. The SMILES string of the molecule is CC(C)(C)C(NC(=O)N1CCC2CCCCC2C1)C(=O)O. The van der Waals surface area contributed by atoms with Crippen LogP contribution in [0.5, 0.6) is 0 Å². The van der Waals surface area contributed by atoms with Gasteiger partial charge in [0.2, 0.25) is 0 Å². The minimum absolute atomic E-state index is 0.221. The smallest absolute Gasteiger partial charge is 0.326 e. The molecule has 2 aliphatic rings. The normalized spacial score (nSPS) is 27.7. The zero-order valence-corrected chi connectivity index (χ0v) is 13.4. The van der Waals surface area contributed by atoms with Gasteiger partial charge in [0.25, 0.3) is 0 Å². The van der Waals surface area contributed by atoms with E-state index in [1.807, 2.05) is 25.7 Å². The van der Waals surface area contributed by atoms with Gasteiger partial charge in [-0.05, 0) is 30.1 Å². The maximum absolute atomic E-state index is 12.4. The highest BCUT2D eigenvalue weighted by molar-refractivity contribution is 5.83. The van der Waals surface area contributed by atoms with Gasteiger partial charge in [-0.15, -0.1) is 0 Å². The van der Waals surface area contributed by atoms with E-state index >= 15 is 0 Å². The number of urea groups is 1. The summed E-state index contributed by atoms with van der Waals surface area (Å²) in [5, 5.41) is 12.0. The third-order valence-corrected chi connectivity index (χ3v) is 4.96. The summed E-state index contributed by atoms with van der Waals surface area (Å²) in [7, 11) is 0. The number of carboxylic acids is 1. The lowest BCUT2D eigenvalue weighted by molar-refractivity contribution is -0.142. The molecule has 1 aliphatic heterocycles. The fourth-order valence-electron chi connectivity index (χ4n) is 3.65. The zero-order chi connectivity index (χ0) is 15.6. The molecule has 1 aliphatic carbocycles. The van der Waals surface area contributed by atoms with E-state index in [0.717, 1.165) is 25.4 Å². The summed E-state index contributed by atoms with van der Waals surface area (Å²) in [5.41, 5.74) is -0.495. The molecule has 21 heavy (non-hydrogen) atoms. The lowest BCUT2D eigenvalue weighted by atomic mass is 9.75. The number of nitrogens with zero attached hydrogens (tertiary/aromatic N) is 1. The van der Waals surface area contributed by atoms with Gasteiger partial charge in [0, 0.05) is 13.1 Å². The van der Waals surface area contributed by atoms with Crippen molar-refractivity contribution >= 4 is 12.0 Å². The second-order valence-electron chi connectivity index (χ2n) is 7.63. The Bertz CT molecular complexity index is 403. The Morgan fingerprint density at radius 1 is 1.14 bits per heavy atom. The van der Waals surface area contributed by atoms with Gasteiger partial charge in [-0.3, -0.25) is 0 Å². The van der Waals surface area contributed by atoms with Crippen molar-refractivity contribution in [1.29, 1.82) is 0 Å². The summed E-state index contributed by atoms with van der Waals surface area (Å²) in [6.07, 6.45) is 6.14. The Labute approximate surface area is 127 Å². The molecule has 2 N–H and O–H groups in total. The summed E-state index contributed by atoms with van der Waals surface area (Å²) in [4.78, 5) is 25.6. The van der Waals surface area contributed by atoms with Gasteiger partial charge in [-0.1, -0.05) is 40.0 Å². The van der Waals surface area contributed by atoms with Crippen LogP contribution in [0.25, 0.3) is 0 Å². The van der Waals surface area contributed by atoms with Crippen LogP contribution in [0, 0.1) is 17.3 Å². The number of carbonyl (C=O) groups is 2. The molecule has 0 bridgehead atoms. The molecule has 0 aromatic heterocycles. The Hall–Kier alpha value is -1.26. The summed E-state index contributed by atoms with van der Waals surface area (Å²) in [5.74, 6) is 0.403. The molecule has 0 aromatic rings. The molecule has 0 spiro atoms. The van der Waals surface area contributed by atoms with Crippen LogP contribution in [0.1, 0.15) is 52.9 Å². The topological polar surface area (TPSA) is 69.6 Å². The molecule has 120 valence electrons. The van der Waals surface area contributed by atoms with Crippen LogP contribution in [-0.4, -0.2) is 41.1 Å². The molecule has 1 saturated heterocycles. The average molecular weight is 296 g/mol. The van der Waals surface area contributed by atoms with Gasteiger partial charge in [0.15, 0.2) is 0 Å². The Morgan fingerprint density at radius 2 is 1.76 bits per heavy atom. The highest BCUT2D eigenvalue weighted by atomic mass is 16.4. The quantitative estimate of drug-likeness (QED) is 0.823. The van der Waals surface area contributed by atoms with E-state index in [2.05, 4.69) is 5.32 Å². The number of amides is 2. The number of aliphatic carboxylic acids is 1. The maximum Gasteiger partial charge on any atom is 0.326 e. The first-order valence-electron chi connectivity index (χ1n) is 8.07. The van der Waals surface area contributed by atoms with Crippen LogP contribution < -0.4 is 5.32 Å². The Balaban J connectivity index is 1.95. The van der Waals surface area contributed by atoms with Crippen LogP contribution in [0.4, 0.5) is 4.79 Å². The van der Waals surface area contributed by atoms with Gasteiger partial charge in [0.05, 0.1) is 0 Å². The fourth-order valence-corrected chi connectivity index (χ4v) is 3.65. The standard InChI is InChI=1S/C16H28N2O3/c1-16(2,3)13(14(19)20)17-15(21)18-9-8-11-6-4-5-7-12(11)10-18/h11-13H,4-10H2,1-3H3,(H,17,21)(H,19,20). The molecule has 5 nitrogen and oxygen atoms in total. The second kappa shape index (κ2) is 6.24. The summed E-state index contributed by atoms with van der Waals surface area (Å²) in [6.45, 7) is 7.04. The van der Waals surface area contributed by atoms with Crippen molar-refractivity contribution < 1.29 is 14.7 Å². The van der Waals surface area contributed by atoms with Crippen molar-refractivity contribution in [2.45, 2.75) is 58.9 Å². The summed E-state index contributed by atoms with van der Waals surface area (Å²) < 4.78 is 0. The number of hydrogen-bond donors (Lipinski definition) is 2. The van der Waals surface area contributed by atoms with Crippen LogP contribution >= 0.6 is 0 Å². The van der Waals surface area contributed by atoms with Crippen molar-refractivity contribution in [1.82, 2.24) is 10.2 Å². The molecule has 3 atom stereocenters. The number of nitrogens with one attached hydrogen (secondary N) is 1. The van der Waals surface area contributed by atoms with E-state index in [1.165, 1.54) is 25.7 Å². The summed E-state index contributed by atoms with van der Waals surface area (Å²) >= 11 is 0. The predicted octanol–water partition coefficient (Wildman–Crippen LogP) is 2.71. The van der Waals surface area contributed by atoms with E-state index in [4.69, 9.17) is 0 Å². The lowest BCUT2D eigenvalue weighted by Gasteiger charge is -2.42. The Morgan fingerprint density at radius 3 is 2.33 bits per heavy atom.